The molecule has 8 nitrogen and oxygen atoms in total. The monoisotopic (exact) mass is 475 g/mol. The summed E-state index contributed by atoms with van der Waals surface area (Å²) in [6.07, 6.45) is 0.836. The van der Waals surface area contributed by atoms with Crippen LogP contribution in [0.2, 0.25) is 0 Å². The van der Waals surface area contributed by atoms with Crippen molar-refractivity contribution in [3.05, 3.63) is 88.6 Å². The van der Waals surface area contributed by atoms with Crippen LogP contribution < -0.4 is 5.32 Å². The second-order valence-corrected chi connectivity index (χ2v) is 8.20. The van der Waals surface area contributed by atoms with E-state index in [9.17, 15) is 14.0 Å². The minimum atomic E-state index is -0.346. The molecule has 2 heterocycles. The van der Waals surface area contributed by atoms with Gasteiger partial charge in [-0.15, -0.1) is 0 Å². The number of halogens is 1. The highest BCUT2D eigenvalue weighted by atomic mass is 19.1. The number of benzene rings is 2. The van der Waals surface area contributed by atoms with Crippen molar-refractivity contribution in [1.29, 1.82) is 0 Å². The van der Waals surface area contributed by atoms with Gasteiger partial charge in [0.25, 0.3) is 5.91 Å². The van der Waals surface area contributed by atoms with Gasteiger partial charge in [-0.1, -0.05) is 0 Å². The average Bonchev–Trinajstić information content (AvgIpc) is 3.36. The number of esters is 1. The molecule has 180 valence electrons. The lowest BCUT2D eigenvalue weighted by molar-refractivity contribution is -0.140. The fourth-order valence-electron chi connectivity index (χ4n) is 3.93. The van der Waals surface area contributed by atoms with E-state index in [1.807, 2.05) is 32.9 Å². The largest absolute Gasteiger partial charge is 0.469 e. The summed E-state index contributed by atoms with van der Waals surface area (Å²) in [5.74, 6) is -0.423. The molecule has 0 saturated carbocycles. The normalized spacial score (nSPS) is 10.9. The number of anilines is 1. The third-order valence-electron chi connectivity index (χ3n) is 5.77. The first-order valence-corrected chi connectivity index (χ1v) is 11.1. The fraction of sp³-hybridized carbons (Fsp3) is 0.231. The maximum absolute atomic E-state index is 13.3. The van der Waals surface area contributed by atoms with E-state index in [0.29, 0.717) is 29.2 Å². The zero-order valence-corrected chi connectivity index (χ0v) is 20.0. The van der Waals surface area contributed by atoms with E-state index in [0.717, 1.165) is 22.6 Å². The van der Waals surface area contributed by atoms with Crippen molar-refractivity contribution in [3.8, 4) is 11.4 Å². The van der Waals surface area contributed by atoms with Gasteiger partial charge in [-0.2, -0.15) is 10.2 Å². The molecule has 35 heavy (non-hydrogen) atoms. The molecule has 0 radical (unpaired) electrons. The first-order chi connectivity index (χ1) is 16.8. The summed E-state index contributed by atoms with van der Waals surface area (Å²) in [4.78, 5) is 24.5. The predicted molar refractivity (Wildman–Crippen MR) is 130 cm³/mol. The first kappa shape index (κ1) is 23.9. The van der Waals surface area contributed by atoms with Crippen LogP contribution in [0.25, 0.3) is 11.4 Å². The maximum atomic E-state index is 13.3. The minimum Gasteiger partial charge on any atom is -0.469 e. The van der Waals surface area contributed by atoms with Gasteiger partial charge in [0, 0.05) is 23.7 Å². The quantitative estimate of drug-likeness (QED) is 0.398. The number of nitrogens with zero attached hydrogens (tertiary/aromatic N) is 4. The van der Waals surface area contributed by atoms with E-state index in [2.05, 4.69) is 15.5 Å². The number of nitrogens with one attached hydrogen (secondary N) is 1. The van der Waals surface area contributed by atoms with Crippen molar-refractivity contribution in [2.24, 2.45) is 0 Å². The van der Waals surface area contributed by atoms with Crippen LogP contribution in [0.4, 0.5) is 10.2 Å². The number of hydrogen-bond donors (Lipinski definition) is 1. The molecule has 0 aliphatic rings. The SMILES string of the molecule is COC(=O)CCc1c(C)nn(-c2ccc(C(=O)Nc3cc(C)nn3-c3ccc(F)cc3)cc2)c1C. The lowest BCUT2D eigenvalue weighted by atomic mass is 10.1. The maximum Gasteiger partial charge on any atom is 0.305 e. The molecule has 0 saturated heterocycles. The smallest absolute Gasteiger partial charge is 0.305 e. The van der Waals surface area contributed by atoms with Crippen molar-refractivity contribution in [2.45, 2.75) is 33.6 Å². The zero-order valence-electron chi connectivity index (χ0n) is 20.0. The Kier molecular flexibility index (Phi) is 6.77. The van der Waals surface area contributed by atoms with Gasteiger partial charge in [-0.3, -0.25) is 9.59 Å². The molecule has 0 fully saturated rings. The molecule has 4 aromatic rings. The molecule has 0 aliphatic heterocycles. The Balaban J connectivity index is 1.52. The predicted octanol–water partition coefficient (Wildman–Crippen LogP) is 4.48. The van der Waals surface area contributed by atoms with Gasteiger partial charge in [0.1, 0.15) is 11.6 Å². The van der Waals surface area contributed by atoms with Gasteiger partial charge in [0.2, 0.25) is 0 Å². The summed E-state index contributed by atoms with van der Waals surface area (Å²) in [6.45, 7) is 5.68. The van der Waals surface area contributed by atoms with Gasteiger partial charge in [-0.05, 0) is 81.3 Å². The molecule has 0 spiro atoms. The van der Waals surface area contributed by atoms with E-state index < -0.39 is 0 Å². The number of rotatable bonds is 7. The molecule has 1 amide bonds. The lowest BCUT2D eigenvalue weighted by Crippen LogP contribution is -2.15. The van der Waals surface area contributed by atoms with Gasteiger partial charge in [-0.25, -0.2) is 13.8 Å². The summed E-state index contributed by atoms with van der Waals surface area (Å²) in [5, 5.41) is 11.9. The van der Waals surface area contributed by atoms with Crippen LogP contribution in [0.15, 0.2) is 54.6 Å². The van der Waals surface area contributed by atoms with E-state index >= 15 is 0 Å². The fourth-order valence-corrected chi connectivity index (χ4v) is 3.93. The molecule has 1 N–H and O–H groups in total. The number of methoxy groups -OCH3 is 1. The van der Waals surface area contributed by atoms with Crippen LogP contribution in [0.3, 0.4) is 0 Å². The zero-order chi connectivity index (χ0) is 25.1. The standard InChI is InChI=1S/C26H26FN5O3/c1-16-15-24(32(29-16)22-11-7-20(27)8-12-22)28-26(34)19-5-9-21(10-6-19)31-18(3)23(17(2)30-31)13-14-25(33)35-4/h5-12,15H,13-14H2,1-4H3,(H,28,34). The third kappa shape index (κ3) is 5.13. The molecule has 9 heteroatoms. The summed E-state index contributed by atoms with van der Waals surface area (Å²) in [5.41, 5.74) is 5.40. The highest BCUT2D eigenvalue weighted by Crippen LogP contribution is 2.21. The summed E-state index contributed by atoms with van der Waals surface area (Å²) < 4.78 is 21.4. The summed E-state index contributed by atoms with van der Waals surface area (Å²) in [6, 6.07) is 14.7. The van der Waals surface area contributed by atoms with Gasteiger partial charge in [0.15, 0.2) is 0 Å². The van der Waals surface area contributed by atoms with Gasteiger partial charge >= 0.3 is 5.97 Å². The Morgan fingerprint density at radius 2 is 1.57 bits per heavy atom. The van der Waals surface area contributed by atoms with E-state index in [1.165, 1.54) is 19.2 Å². The van der Waals surface area contributed by atoms with Crippen LogP contribution in [0, 0.1) is 26.6 Å². The van der Waals surface area contributed by atoms with Crippen LogP contribution in [0.1, 0.15) is 39.4 Å². The number of aromatic nitrogens is 4. The van der Waals surface area contributed by atoms with E-state index in [1.54, 1.807) is 39.7 Å². The molecular formula is C26H26FN5O3. The Morgan fingerprint density at radius 1 is 0.943 bits per heavy atom. The molecule has 0 unspecified atom stereocenters. The molecule has 0 bridgehead atoms. The molecular weight excluding hydrogens is 449 g/mol. The molecule has 2 aromatic heterocycles. The summed E-state index contributed by atoms with van der Waals surface area (Å²) >= 11 is 0. The van der Waals surface area contributed by atoms with Crippen LogP contribution in [-0.2, 0) is 16.0 Å². The van der Waals surface area contributed by atoms with Crippen molar-refractivity contribution in [2.75, 3.05) is 12.4 Å². The number of carbonyl (C=O) groups excluding carboxylic acids is 2. The van der Waals surface area contributed by atoms with E-state index in [4.69, 9.17) is 4.74 Å². The summed E-state index contributed by atoms with van der Waals surface area (Å²) in [7, 11) is 1.38. The Morgan fingerprint density at radius 3 is 2.23 bits per heavy atom. The van der Waals surface area contributed by atoms with Crippen molar-refractivity contribution in [3.63, 3.8) is 0 Å². The molecule has 0 aliphatic carbocycles. The topological polar surface area (TPSA) is 91.0 Å². The Hall–Kier alpha value is -4.27. The number of carbonyl (C=O) groups is 2. The highest BCUT2D eigenvalue weighted by Gasteiger charge is 2.16. The number of amides is 1. The Bertz CT molecular complexity index is 1370. The van der Waals surface area contributed by atoms with Crippen molar-refractivity contribution < 1.29 is 18.7 Å². The number of ether oxygens (including phenoxy) is 1. The number of aryl methyl sites for hydroxylation is 2. The first-order valence-electron chi connectivity index (χ1n) is 11.1. The third-order valence-corrected chi connectivity index (χ3v) is 5.77. The van der Waals surface area contributed by atoms with Crippen molar-refractivity contribution >= 4 is 17.7 Å². The van der Waals surface area contributed by atoms with E-state index in [-0.39, 0.29) is 24.1 Å². The second-order valence-electron chi connectivity index (χ2n) is 8.20. The van der Waals surface area contributed by atoms with Gasteiger partial charge < -0.3 is 10.1 Å². The highest BCUT2D eigenvalue weighted by molar-refractivity contribution is 6.04. The molecule has 4 rings (SSSR count). The lowest BCUT2D eigenvalue weighted by Gasteiger charge is -2.10. The van der Waals surface area contributed by atoms with Crippen molar-refractivity contribution in [1.82, 2.24) is 19.6 Å². The van der Waals surface area contributed by atoms with Crippen LogP contribution in [-0.4, -0.2) is 38.5 Å². The van der Waals surface area contributed by atoms with Gasteiger partial charge in [0.05, 0.1) is 29.9 Å². The number of hydrogen-bond acceptors (Lipinski definition) is 5. The second kappa shape index (κ2) is 9.92. The Labute approximate surface area is 202 Å². The van der Waals surface area contributed by atoms with Crippen LogP contribution >= 0.6 is 0 Å². The molecule has 0 atom stereocenters. The average molecular weight is 476 g/mol. The minimum absolute atomic E-state index is 0.261. The van der Waals surface area contributed by atoms with Crippen LogP contribution in [0.5, 0.6) is 0 Å². The molecule has 2 aromatic carbocycles.